The van der Waals surface area contributed by atoms with Gasteiger partial charge < -0.3 is 9.88 Å². The van der Waals surface area contributed by atoms with E-state index in [4.69, 9.17) is 0 Å². The van der Waals surface area contributed by atoms with Crippen LogP contribution in [0, 0.1) is 0 Å². The van der Waals surface area contributed by atoms with Gasteiger partial charge in [0.1, 0.15) is 0 Å². The van der Waals surface area contributed by atoms with Crippen molar-refractivity contribution in [2.24, 2.45) is 0 Å². The van der Waals surface area contributed by atoms with Crippen LogP contribution < -0.4 is 4.90 Å². The lowest BCUT2D eigenvalue weighted by molar-refractivity contribution is 0.812. The van der Waals surface area contributed by atoms with Gasteiger partial charge in [-0.15, -0.1) is 11.3 Å². The van der Waals surface area contributed by atoms with Gasteiger partial charge in [-0.05, 0) is 15.9 Å². The minimum atomic E-state index is 0.424. The molecule has 5 heteroatoms. The van der Waals surface area contributed by atoms with Crippen LogP contribution in [0.25, 0.3) is 0 Å². The van der Waals surface area contributed by atoms with E-state index in [1.54, 1.807) is 17.7 Å². The SMILES string of the molecule is CN1CC(c2cnc[nH]2)c2c1csc2Br. The number of fused-ring (bicyclic) bond motifs is 1. The number of imidazole rings is 1. The van der Waals surface area contributed by atoms with Crippen molar-refractivity contribution in [1.82, 2.24) is 9.97 Å². The van der Waals surface area contributed by atoms with E-state index in [0.717, 1.165) is 6.54 Å². The van der Waals surface area contributed by atoms with Gasteiger partial charge in [-0.3, -0.25) is 0 Å². The van der Waals surface area contributed by atoms with Crippen LogP contribution >= 0.6 is 27.3 Å². The number of hydrogen-bond donors (Lipinski definition) is 1. The molecule has 3 nitrogen and oxygen atoms in total. The van der Waals surface area contributed by atoms with Crippen LogP contribution in [0.15, 0.2) is 21.7 Å². The maximum absolute atomic E-state index is 4.09. The molecule has 1 aliphatic rings. The second-order valence-electron chi connectivity index (χ2n) is 3.75. The summed E-state index contributed by atoms with van der Waals surface area (Å²) in [5.74, 6) is 0.424. The van der Waals surface area contributed by atoms with Gasteiger partial charge in [0, 0.05) is 42.3 Å². The molecular weight excluding hydrogens is 274 g/mol. The quantitative estimate of drug-likeness (QED) is 0.873. The van der Waals surface area contributed by atoms with E-state index in [2.05, 4.69) is 43.2 Å². The molecule has 0 bridgehead atoms. The van der Waals surface area contributed by atoms with Gasteiger partial charge in [0.2, 0.25) is 0 Å². The molecule has 0 saturated carbocycles. The molecule has 0 radical (unpaired) electrons. The van der Waals surface area contributed by atoms with Crippen molar-refractivity contribution in [1.29, 1.82) is 0 Å². The average Bonchev–Trinajstić information content (AvgIpc) is 2.86. The van der Waals surface area contributed by atoms with Gasteiger partial charge in [-0.25, -0.2) is 4.98 Å². The molecule has 0 aliphatic carbocycles. The van der Waals surface area contributed by atoms with Gasteiger partial charge in [-0.2, -0.15) is 0 Å². The number of nitrogens with zero attached hydrogens (tertiary/aromatic N) is 2. The summed E-state index contributed by atoms with van der Waals surface area (Å²) in [6, 6.07) is 0. The lowest BCUT2D eigenvalue weighted by Gasteiger charge is -2.11. The Morgan fingerprint density at radius 2 is 2.53 bits per heavy atom. The van der Waals surface area contributed by atoms with Crippen LogP contribution in [0.1, 0.15) is 17.2 Å². The van der Waals surface area contributed by atoms with Crippen molar-refractivity contribution < 1.29 is 0 Å². The Balaban J connectivity index is 2.11. The molecule has 1 aliphatic heterocycles. The second kappa shape index (κ2) is 3.35. The number of anilines is 1. The van der Waals surface area contributed by atoms with Crippen molar-refractivity contribution in [2.45, 2.75) is 5.92 Å². The normalized spacial score (nSPS) is 19.6. The number of nitrogens with one attached hydrogen (secondary N) is 1. The third-order valence-corrected chi connectivity index (χ3v) is 4.63. The zero-order valence-corrected chi connectivity index (χ0v) is 10.6. The molecule has 15 heavy (non-hydrogen) atoms. The third-order valence-electron chi connectivity index (χ3n) is 2.87. The fraction of sp³-hybridized carbons (Fsp3) is 0.300. The van der Waals surface area contributed by atoms with Crippen LogP contribution in [0.5, 0.6) is 0 Å². The molecule has 3 heterocycles. The lowest BCUT2D eigenvalue weighted by Crippen LogP contribution is -2.16. The van der Waals surface area contributed by atoms with Crippen LogP contribution in [0.4, 0.5) is 5.69 Å². The Labute approximate surface area is 100 Å². The third kappa shape index (κ3) is 1.33. The largest absolute Gasteiger partial charge is 0.373 e. The molecule has 0 saturated heterocycles. The summed E-state index contributed by atoms with van der Waals surface area (Å²) in [6.07, 6.45) is 3.66. The van der Waals surface area contributed by atoms with Crippen molar-refractivity contribution in [2.75, 3.05) is 18.5 Å². The first-order valence-corrected chi connectivity index (χ1v) is 6.41. The molecule has 0 fully saturated rings. The number of H-pyrrole nitrogens is 1. The van der Waals surface area contributed by atoms with Crippen molar-refractivity contribution in [3.63, 3.8) is 0 Å². The van der Waals surface area contributed by atoms with E-state index in [9.17, 15) is 0 Å². The molecule has 1 atom stereocenters. The summed E-state index contributed by atoms with van der Waals surface area (Å²) in [6.45, 7) is 1.03. The highest BCUT2D eigenvalue weighted by Crippen LogP contribution is 2.46. The van der Waals surface area contributed by atoms with E-state index in [1.165, 1.54) is 20.7 Å². The lowest BCUT2D eigenvalue weighted by atomic mass is 10.0. The van der Waals surface area contributed by atoms with Crippen molar-refractivity contribution in [3.8, 4) is 0 Å². The van der Waals surface area contributed by atoms with E-state index in [-0.39, 0.29) is 0 Å². The zero-order valence-electron chi connectivity index (χ0n) is 8.20. The molecule has 3 rings (SSSR count). The smallest absolute Gasteiger partial charge is 0.0921 e. The van der Waals surface area contributed by atoms with Crippen LogP contribution in [-0.4, -0.2) is 23.6 Å². The monoisotopic (exact) mass is 283 g/mol. The van der Waals surface area contributed by atoms with E-state index in [1.807, 2.05) is 6.20 Å². The maximum atomic E-state index is 4.09. The number of likely N-dealkylation sites (N-methyl/N-ethyl adjacent to an activating group) is 1. The molecule has 0 aromatic carbocycles. The van der Waals surface area contributed by atoms with Gasteiger partial charge in [0.05, 0.1) is 15.8 Å². The summed E-state index contributed by atoms with van der Waals surface area (Å²) >= 11 is 5.38. The summed E-state index contributed by atoms with van der Waals surface area (Å²) < 4.78 is 1.24. The van der Waals surface area contributed by atoms with Gasteiger partial charge >= 0.3 is 0 Å². The number of thiophene rings is 1. The number of aromatic nitrogens is 2. The minimum absolute atomic E-state index is 0.424. The first kappa shape index (κ1) is 9.42. The topological polar surface area (TPSA) is 31.9 Å². The first-order chi connectivity index (χ1) is 7.27. The van der Waals surface area contributed by atoms with Crippen LogP contribution in [0.2, 0.25) is 0 Å². The Hall–Kier alpha value is -0.810. The second-order valence-corrected chi connectivity index (χ2v) is 5.95. The standard InChI is InChI=1S/C10H10BrN3S/c1-14-3-6(7-2-12-5-13-7)9-8(14)4-15-10(9)11/h2,4-6H,3H2,1H3,(H,12,13). The fourth-order valence-electron chi connectivity index (χ4n) is 2.12. The Morgan fingerprint density at radius 1 is 1.67 bits per heavy atom. The number of hydrogen-bond acceptors (Lipinski definition) is 3. The molecular formula is C10H10BrN3S. The van der Waals surface area contributed by atoms with Gasteiger partial charge in [0.25, 0.3) is 0 Å². The van der Waals surface area contributed by atoms with Gasteiger partial charge in [0.15, 0.2) is 0 Å². The summed E-state index contributed by atoms with van der Waals surface area (Å²) in [5, 5.41) is 2.20. The molecule has 78 valence electrons. The molecule has 2 aromatic rings. The Bertz CT molecular complexity index is 477. The van der Waals surface area contributed by atoms with Crippen molar-refractivity contribution >= 4 is 33.0 Å². The molecule has 2 aromatic heterocycles. The van der Waals surface area contributed by atoms with E-state index in [0.29, 0.717) is 5.92 Å². The highest BCUT2D eigenvalue weighted by molar-refractivity contribution is 9.11. The maximum Gasteiger partial charge on any atom is 0.0921 e. The number of aromatic amines is 1. The molecule has 0 spiro atoms. The summed E-state index contributed by atoms with van der Waals surface area (Å²) in [7, 11) is 2.13. The first-order valence-electron chi connectivity index (χ1n) is 4.73. The van der Waals surface area contributed by atoms with Crippen LogP contribution in [0.3, 0.4) is 0 Å². The van der Waals surface area contributed by atoms with Gasteiger partial charge in [-0.1, -0.05) is 0 Å². The highest BCUT2D eigenvalue weighted by Gasteiger charge is 2.31. The zero-order chi connectivity index (χ0) is 10.4. The molecule has 1 N–H and O–H groups in total. The Morgan fingerprint density at radius 3 is 3.27 bits per heavy atom. The Kier molecular flexibility index (Phi) is 2.10. The van der Waals surface area contributed by atoms with E-state index >= 15 is 0 Å². The predicted octanol–water partition coefficient (Wildman–Crippen LogP) is 2.82. The minimum Gasteiger partial charge on any atom is -0.373 e. The van der Waals surface area contributed by atoms with Crippen LogP contribution in [-0.2, 0) is 0 Å². The average molecular weight is 284 g/mol. The number of rotatable bonds is 1. The summed E-state index contributed by atoms with van der Waals surface area (Å²) in [4.78, 5) is 9.59. The highest BCUT2D eigenvalue weighted by atomic mass is 79.9. The summed E-state index contributed by atoms with van der Waals surface area (Å²) in [5.41, 5.74) is 3.93. The fourth-order valence-corrected chi connectivity index (χ4v) is 3.78. The predicted molar refractivity (Wildman–Crippen MR) is 65.7 cm³/mol. The number of halogens is 1. The van der Waals surface area contributed by atoms with Crippen molar-refractivity contribution in [3.05, 3.63) is 32.9 Å². The van der Waals surface area contributed by atoms with E-state index < -0.39 is 0 Å². The molecule has 1 unspecified atom stereocenters. The molecule has 0 amide bonds.